The molecule has 5 rings (SSSR count). The van der Waals surface area contributed by atoms with Crippen molar-refractivity contribution in [2.24, 2.45) is 0 Å². The zero-order chi connectivity index (χ0) is 18.4. The zero-order valence-electron chi connectivity index (χ0n) is 14.5. The van der Waals surface area contributed by atoms with Gasteiger partial charge in [-0.2, -0.15) is 0 Å². The van der Waals surface area contributed by atoms with Crippen LogP contribution >= 0.6 is 11.6 Å². The Bertz CT molecular complexity index is 1120. The van der Waals surface area contributed by atoms with Crippen molar-refractivity contribution in [3.63, 3.8) is 0 Å². The quantitative estimate of drug-likeness (QED) is 0.581. The number of halogens is 1. The van der Waals surface area contributed by atoms with Gasteiger partial charge in [-0.15, -0.1) is 0 Å². The number of nitrogens with zero attached hydrogens (tertiary/aromatic N) is 4. The second-order valence-electron chi connectivity index (χ2n) is 6.81. The van der Waals surface area contributed by atoms with Gasteiger partial charge in [0.15, 0.2) is 5.65 Å². The van der Waals surface area contributed by atoms with Crippen molar-refractivity contribution in [1.82, 2.24) is 19.5 Å². The number of aliphatic hydroxyl groups is 1. The summed E-state index contributed by atoms with van der Waals surface area (Å²) in [6, 6.07) is 16.0. The number of hydrogen-bond donors (Lipinski definition) is 1. The molecule has 1 N–H and O–H groups in total. The molecule has 0 radical (unpaired) electrons. The molecule has 0 spiro atoms. The van der Waals surface area contributed by atoms with E-state index >= 15 is 0 Å². The summed E-state index contributed by atoms with van der Waals surface area (Å²) in [5.74, 6) is 0.140. The zero-order valence-corrected chi connectivity index (χ0v) is 15.2. The van der Waals surface area contributed by atoms with Gasteiger partial charge in [-0.25, -0.2) is 15.0 Å². The summed E-state index contributed by atoms with van der Waals surface area (Å²) in [5, 5.41) is 10.5. The van der Waals surface area contributed by atoms with Crippen LogP contribution in [0, 0.1) is 0 Å². The SMILES string of the molecule is OC[C@@H]1C[C@H](n2cnc3c(-c4ccc(Cl)cc4)ncnc32)c2ccccc21. The number of fused-ring (bicyclic) bond motifs is 2. The normalized spacial score (nSPS) is 18.7. The maximum absolute atomic E-state index is 9.80. The largest absolute Gasteiger partial charge is 0.396 e. The van der Waals surface area contributed by atoms with E-state index in [1.165, 1.54) is 11.1 Å². The average Bonchev–Trinajstić information content (AvgIpc) is 3.29. The Morgan fingerprint density at radius 2 is 1.78 bits per heavy atom. The molecule has 2 heterocycles. The molecule has 0 saturated heterocycles. The molecule has 4 aromatic rings. The Labute approximate surface area is 161 Å². The van der Waals surface area contributed by atoms with E-state index in [9.17, 15) is 5.11 Å². The molecule has 0 saturated carbocycles. The lowest BCUT2D eigenvalue weighted by atomic mass is 10.0. The minimum atomic E-state index is 0.108. The van der Waals surface area contributed by atoms with Crippen LogP contribution in [0.1, 0.15) is 29.5 Å². The van der Waals surface area contributed by atoms with Crippen molar-refractivity contribution >= 4 is 22.8 Å². The number of rotatable bonds is 3. The van der Waals surface area contributed by atoms with Crippen molar-refractivity contribution in [3.8, 4) is 11.3 Å². The molecule has 2 aromatic heterocycles. The summed E-state index contributed by atoms with van der Waals surface area (Å²) in [5.41, 5.74) is 5.75. The van der Waals surface area contributed by atoms with E-state index < -0.39 is 0 Å². The summed E-state index contributed by atoms with van der Waals surface area (Å²) in [6.45, 7) is 0.144. The molecule has 2 aromatic carbocycles. The lowest BCUT2D eigenvalue weighted by Crippen LogP contribution is -2.08. The van der Waals surface area contributed by atoms with Gasteiger partial charge < -0.3 is 9.67 Å². The molecule has 0 fully saturated rings. The van der Waals surface area contributed by atoms with Gasteiger partial charge in [-0.1, -0.05) is 48.0 Å². The monoisotopic (exact) mass is 376 g/mol. The van der Waals surface area contributed by atoms with Crippen LogP contribution in [0.15, 0.2) is 61.2 Å². The van der Waals surface area contributed by atoms with Crippen LogP contribution in [-0.2, 0) is 0 Å². The lowest BCUT2D eigenvalue weighted by Gasteiger charge is -2.14. The molecular weight excluding hydrogens is 360 g/mol. The van der Waals surface area contributed by atoms with E-state index in [0.29, 0.717) is 5.02 Å². The van der Waals surface area contributed by atoms with Crippen LogP contribution in [0.5, 0.6) is 0 Å². The summed E-state index contributed by atoms with van der Waals surface area (Å²) in [4.78, 5) is 13.6. The number of aliphatic hydroxyl groups excluding tert-OH is 1. The first-order chi connectivity index (χ1) is 13.3. The highest BCUT2D eigenvalue weighted by Crippen LogP contribution is 2.43. The first-order valence-electron chi connectivity index (χ1n) is 8.89. The second kappa shape index (κ2) is 6.44. The molecule has 0 aliphatic heterocycles. The van der Waals surface area contributed by atoms with E-state index in [1.54, 1.807) is 6.33 Å². The molecule has 1 aliphatic rings. The highest BCUT2D eigenvalue weighted by Gasteiger charge is 2.32. The van der Waals surface area contributed by atoms with Gasteiger partial charge >= 0.3 is 0 Å². The molecule has 6 heteroatoms. The Hall–Kier alpha value is -2.76. The number of aromatic nitrogens is 4. The first kappa shape index (κ1) is 16.4. The summed E-state index contributed by atoms with van der Waals surface area (Å²) in [6.07, 6.45) is 4.25. The molecule has 1 aliphatic carbocycles. The van der Waals surface area contributed by atoms with E-state index in [4.69, 9.17) is 11.6 Å². The van der Waals surface area contributed by atoms with Crippen LogP contribution in [-0.4, -0.2) is 31.2 Å². The highest BCUT2D eigenvalue weighted by molar-refractivity contribution is 6.30. The number of hydrogen-bond acceptors (Lipinski definition) is 4. The summed E-state index contributed by atoms with van der Waals surface area (Å²) in [7, 11) is 0. The fourth-order valence-electron chi connectivity index (χ4n) is 4.04. The van der Waals surface area contributed by atoms with E-state index in [1.807, 2.05) is 42.7 Å². The van der Waals surface area contributed by atoms with Crippen LogP contribution in [0.2, 0.25) is 5.02 Å². The predicted octanol–water partition coefficient (Wildman–Crippen LogP) is 4.22. The minimum absolute atomic E-state index is 0.108. The van der Waals surface area contributed by atoms with Crippen LogP contribution < -0.4 is 0 Å². The predicted molar refractivity (Wildman–Crippen MR) is 105 cm³/mol. The summed E-state index contributed by atoms with van der Waals surface area (Å²) < 4.78 is 2.10. The lowest BCUT2D eigenvalue weighted by molar-refractivity contribution is 0.259. The Kier molecular flexibility index (Phi) is 3.92. The van der Waals surface area contributed by atoms with Gasteiger partial charge in [0.05, 0.1) is 19.0 Å². The smallest absolute Gasteiger partial charge is 0.164 e. The first-order valence-corrected chi connectivity index (χ1v) is 9.27. The van der Waals surface area contributed by atoms with Crippen LogP contribution in [0.4, 0.5) is 0 Å². The van der Waals surface area contributed by atoms with Crippen molar-refractivity contribution in [1.29, 1.82) is 0 Å². The van der Waals surface area contributed by atoms with Crippen molar-refractivity contribution in [3.05, 3.63) is 77.3 Å². The van der Waals surface area contributed by atoms with Gasteiger partial charge in [0.25, 0.3) is 0 Å². The summed E-state index contributed by atoms with van der Waals surface area (Å²) >= 11 is 6.01. The highest BCUT2D eigenvalue weighted by atomic mass is 35.5. The maximum atomic E-state index is 9.80. The third-order valence-corrected chi connectivity index (χ3v) is 5.59. The van der Waals surface area contributed by atoms with E-state index in [2.05, 4.69) is 31.7 Å². The third kappa shape index (κ3) is 2.62. The van der Waals surface area contributed by atoms with E-state index in [-0.39, 0.29) is 18.6 Å². The van der Waals surface area contributed by atoms with Gasteiger partial charge in [0.1, 0.15) is 17.5 Å². The van der Waals surface area contributed by atoms with Crippen molar-refractivity contribution in [2.45, 2.75) is 18.4 Å². The molecule has 0 unspecified atom stereocenters. The Morgan fingerprint density at radius 1 is 1.00 bits per heavy atom. The number of benzene rings is 2. The van der Waals surface area contributed by atoms with Gasteiger partial charge in [0, 0.05) is 16.5 Å². The van der Waals surface area contributed by atoms with Crippen molar-refractivity contribution < 1.29 is 5.11 Å². The molecule has 0 bridgehead atoms. The van der Waals surface area contributed by atoms with E-state index in [0.717, 1.165) is 28.8 Å². The Balaban J connectivity index is 1.64. The third-order valence-electron chi connectivity index (χ3n) is 5.34. The molecular formula is C21H17ClN4O. The standard InChI is InChI=1S/C21H17ClN4O/c22-15-7-5-13(6-8-15)19-20-21(24-11-23-19)26(12-25-20)18-9-14(10-27)16-3-1-2-4-17(16)18/h1-8,11-12,14,18,27H,9-10H2/t14-,18-/m0/s1. The molecule has 0 amide bonds. The van der Waals surface area contributed by atoms with Crippen molar-refractivity contribution in [2.75, 3.05) is 6.61 Å². The van der Waals surface area contributed by atoms with Gasteiger partial charge in [0.2, 0.25) is 0 Å². The second-order valence-corrected chi connectivity index (χ2v) is 7.25. The van der Waals surface area contributed by atoms with Crippen LogP contribution in [0.25, 0.3) is 22.4 Å². The minimum Gasteiger partial charge on any atom is -0.396 e. The molecule has 5 nitrogen and oxygen atoms in total. The molecule has 134 valence electrons. The number of imidazole rings is 1. The van der Waals surface area contributed by atoms with Gasteiger partial charge in [-0.05, 0) is 29.7 Å². The maximum Gasteiger partial charge on any atom is 0.164 e. The Morgan fingerprint density at radius 3 is 2.56 bits per heavy atom. The fraction of sp³-hybridized carbons (Fsp3) is 0.190. The topological polar surface area (TPSA) is 63.8 Å². The average molecular weight is 377 g/mol. The van der Waals surface area contributed by atoms with Crippen LogP contribution in [0.3, 0.4) is 0 Å². The molecule has 2 atom stereocenters. The fourth-order valence-corrected chi connectivity index (χ4v) is 4.17. The molecule has 27 heavy (non-hydrogen) atoms. The van der Waals surface area contributed by atoms with Gasteiger partial charge in [-0.3, -0.25) is 0 Å².